The van der Waals surface area contributed by atoms with Gasteiger partial charge in [0.1, 0.15) is 6.10 Å². The maximum atomic E-state index is 12.8. The Hall–Kier alpha value is -0.660. The first kappa shape index (κ1) is 29.4. The number of carbonyl (C=O) groups is 2. The van der Waals surface area contributed by atoms with E-state index in [-0.39, 0.29) is 65.8 Å². The standard InChI is InChI=1S/C25H40O6.Na/c1-6-25(4,5)24(30)31-21-12-15(2)11-17-8-7-16(3)20(23(17)21)10-9-18(26)13-19(27)14-22(28)29;/h7-8,11,15-16,18-21,23,26-27H,6,9-10,12-14H2,1-5H3,(H,28,29);/q;+1/p-1. The SMILES string of the molecule is CCC(C)(C)C(=O)OC1CC(C)C=C2C=CC(C)C(CCC(O)CC(O)CC(=O)[O-])C21.[Na+]. The minimum absolute atomic E-state index is 0. The van der Waals surface area contributed by atoms with Crippen molar-refractivity contribution in [3.05, 3.63) is 23.8 Å². The number of aliphatic hydroxyl groups excluding tert-OH is 2. The normalized spacial score (nSPS) is 29.2. The van der Waals surface area contributed by atoms with Crippen LogP contribution in [0.1, 0.15) is 73.1 Å². The second kappa shape index (κ2) is 12.7. The molecule has 7 atom stereocenters. The average Bonchev–Trinajstić information content (AvgIpc) is 2.66. The number of fused-ring (bicyclic) bond motifs is 1. The molecule has 0 aromatic heterocycles. The number of aliphatic carboxylic acids is 1. The third-order valence-corrected chi connectivity index (χ3v) is 7.07. The first-order valence-corrected chi connectivity index (χ1v) is 11.6. The first-order valence-electron chi connectivity index (χ1n) is 11.6. The predicted octanol–water partition coefficient (Wildman–Crippen LogP) is -0.225. The summed E-state index contributed by atoms with van der Waals surface area (Å²) in [7, 11) is 0. The van der Waals surface area contributed by atoms with Gasteiger partial charge in [-0.15, -0.1) is 0 Å². The van der Waals surface area contributed by atoms with Gasteiger partial charge in [-0.1, -0.05) is 39.0 Å². The van der Waals surface area contributed by atoms with E-state index in [1.54, 1.807) is 0 Å². The summed E-state index contributed by atoms with van der Waals surface area (Å²) in [5.74, 6) is -0.641. The van der Waals surface area contributed by atoms with Crippen LogP contribution in [0.25, 0.3) is 0 Å². The molecule has 32 heavy (non-hydrogen) atoms. The zero-order valence-electron chi connectivity index (χ0n) is 20.5. The maximum Gasteiger partial charge on any atom is 1.00 e. The van der Waals surface area contributed by atoms with Gasteiger partial charge in [0, 0.05) is 18.3 Å². The van der Waals surface area contributed by atoms with Crippen LogP contribution in [-0.2, 0) is 14.3 Å². The van der Waals surface area contributed by atoms with Gasteiger partial charge in [0.2, 0.25) is 0 Å². The van der Waals surface area contributed by atoms with Crippen LogP contribution >= 0.6 is 0 Å². The van der Waals surface area contributed by atoms with Crippen LogP contribution in [-0.4, -0.2) is 40.5 Å². The fourth-order valence-corrected chi connectivity index (χ4v) is 4.76. The van der Waals surface area contributed by atoms with Gasteiger partial charge in [-0.2, -0.15) is 0 Å². The second-order valence-electron chi connectivity index (χ2n) is 10.2. The van der Waals surface area contributed by atoms with E-state index in [9.17, 15) is 24.9 Å². The molecule has 0 saturated carbocycles. The Kier molecular flexibility index (Phi) is 11.7. The topological polar surface area (TPSA) is 107 Å². The van der Waals surface area contributed by atoms with E-state index < -0.39 is 30.0 Å². The molecule has 2 rings (SSSR count). The number of hydrogen-bond donors (Lipinski definition) is 2. The molecule has 2 N–H and O–H groups in total. The minimum Gasteiger partial charge on any atom is -0.550 e. The zero-order valence-corrected chi connectivity index (χ0v) is 22.5. The number of carbonyl (C=O) groups excluding carboxylic acids is 2. The third-order valence-electron chi connectivity index (χ3n) is 7.07. The summed E-state index contributed by atoms with van der Waals surface area (Å²) < 4.78 is 6.09. The summed E-state index contributed by atoms with van der Waals surface area (Å²) in [5, 5.41) is 30.8. The largest absolute Gasteiger partial charge is 1.00 e. The Morgan fingerprint density at radius 2 is 1.91 bits per heavy atom. The van der Waals surface area contributed by atoms with Crippen LogP contribution in [0.3, 0.4) is 0 Å². The van der Waals surface area contributed by atoms with E-state index in [4.69, 9.17) is 4.74 Å². The molecule has 0 heterocycles. The molecular formula is C25H39NaO6. The molecule has 0 aromatic carbocycles. The molecule has 2 aliphatic rings. The predicted molar refractivity (Wildman–Crippen MR) is 117 cm³/mol. The van der Waals surface area contributed by atoms with Gasteiger partial charge >= 0.3 is 35.5 Å². The maximum absolute atomic E-state index is 12.8. The number of allylic oxidation sites excluding steroid dienone is 3. The van der Waals surface area contributed by atoms with E-state index >= 15 is 0 Å². The number of rotatable bonds is 10. The zero-order chi connectivity index (χ0) is 23.3. The molecule has 0 amide bonds. The van der Waals surface area contributed by atoms with Gasteiger partial charge < -0.3 is 24.9 Å². The van der Waals surface area contributed by atoms with Crippen LogP contribution in [0.4, 0.5) is 0 Å². The van der Waals surface area contributed by atoms with E-state index in [1.165, 1.54) is 5.57 Å². The van der Waals surface area contributed by atoms with Crippen molar-refractivity contribution >= 4 is 11.9 Å². The van der Waals surface area contributed by atoms with Crippen molar-refractivity contribution in [1.82, 2.24) is 0 Å². The van der Waals surface area contributed by atoms with E-state index in [2.05, 4.69) is 32.1 Å². The van der Waals surface area contributed by atoms with Crippen molar-refractivity contribution in [2.45, 2.75) is 91.5 Å². The van der Waals surface area contributed by atoms with Crippen molar-refractivity contribution in [2.75, 3.05) is 0 Å². The molecule has 0 saturated heterocycles. The van der Waals surface area contributed by atoms with Crippen LogP contribution < -0.4 is 34.7 Å². The Balaban J connectivity index is 0.00000512. The average molecular weight is 459 g/mol. The monoisotopic (exact) mass is 458 g/mol. The number of esters is 1. The van der Waals surface area contributed by atoms with Gasteiger partial charge in [0.05, 0.1) is 17.6 Å². The van der Waals surface area contributed by atoms with Crippen LogP contribution in [0.5, 0.6) is 0 Å². The molecule has 0 aliphatic heterocycles. The number of carboxylic acids is 1. The molecular weight excluding hydrogens is 419 g/mol. The Labute approximate surface area is 214 Å². The summed E-state index contributed by atoms with van der Waals surface area (Å²) in [6.07, 6.45) is 6.66. The molecule has 176 valence electrons. The minimum atomic E-state index is -1.32. The first-order chi connectivity index (χ1) is 14.4. The van der Waals surface area contributed by atoms with Crippen LogP contribution in [0.2, 0.25) is 0 Å². The summed E-state index contributed by atoms with van der Waals surface area (Å²) in [4.78, 5) is 23.5. The Morgan fingerprint density at radius 3 is 2.50 bits per heavy atom. The van der Waals surface area contributed by atoms with Crippen LogP contribution in [0, 0.1) is 29.1 Å². The molecule has 6 nitrogen and oxygen atoms in total. The van der Waals surface area contributed by atoms with Gasteiger partial charge in [-0.05, 0) is 69.3 Å². The summed E-state index contributed by atoms with van der Waals surface area (Å²) >= 11 is 0. The molecule has 2 aliphatic carbocycles. The van der Waals surface area contributed by atoms with Gasteiger partial charge in [0.15, 0.2) is 0 Å². The second-order valence-corrected chi connectivity index (χ2v) is 10.2. The molecule has 0 aromatic rings. The molecule has 7 heteroatoms. The van der Waals surface area contributed by atoms with Crippen molar-refractivity contribution in [1.29, 1.82) is 0 Å². The number of hydrogen-bond acceptors (Lipinski definition) is 6. The molecule has 0 fully saturated rings. The summed E-state index contributed by atoms with van der Waals surface area (Å²) in [5.41, 5.74) is 0.669. The van der Waals surface area contributed by atoms with Crippen molar-refractivity contribution in [3.63, 3.8) is 0 Å². The molecule has 0 bridgehead atoms. The van der Waals surface area contributed by atoms with E-state index in [0.717, 1.165) is 6.42 Å². The molecule has 7 unspecified atom stereocenters. The van der Waals surface area contributed by atoms with Gasteiger partial charge in [-0.3, -0.25) is 4.79 Å². The molecule has 0 radical (unpaired) electrons. The fraction of sp³-hybridized carbons (Fsp3) is 0.760. The smallest absolute Gasteiger partial charge is 0.550 e. The van der Waals surface area contributed by atoms with Crippen LogP contribution in [0.15, 0.2) is 23.8 Å². The van der Waals surface area contributed by atoms with Crippen molar-refractivity contribution in [2.24, 2.45) is 29.1 Å². The Morgan fingerprint density at radius 1 is 1.25 bits per heavy atom. The number of ether oxygens (including phenoxy) is 1. The van der Waals surface area contributed by atoms with E-state index in [0.29, 0.717) is 25.2 Å². The Bertz CT molecular complexity index is 701. The van der Waals surface area contributed by atoms with E-state index in [1.807, 2.05) is 20.8 Å². The van der Waals surface area contributed by atoms with Gasteiger partial charge in [-0.25, -0.2) is 0 Å². The number of carboxylic acid groups (broad SMARTS) is 1. The van der Waals surface area contributed by atoms with Crippen molar-refractivity contribution in [3.8, 4) is 0 Å². The van der Waals surface area contributed by atoms with Gasteiger partial charge in [0.25, 0.3) is 0 Å². The van der Waals surface area contributed by atoms with Crippen molar-refractivity contribution < 1.29 is 59.2 Å². The summed E-state index contributed by atoms with van der Waals surface area (Å²) in [6.45, 7) is 10.1. The third kappa shape index (κ3) is 7.98. The summed E-state index contributed by atoms with van der Waals surface area (Å²) in [6, 6.07) is 0. The quantitative estimate of drug-likeness (QED) is 0.346. The molecule has 0 spiro atoms. The number of aliphatic hydroxyl groups is 2. The fourth-order valence-electron chi connectivity index (χ4n) is 4.76.